The lowest BCUT2D eigenvalue weighted by atomic mass is 9.96. The summed E-state index contributed by atoms with van der Waals surface area (Å²) in [6, 6.07) is 10.3. The third kappa shape index (κ3) is 3.93. The van der Waals surface area contributed by atoms with E-state index < -0.39 is 17.8 Å². The average molecular weight is 549 g/mol. The van der Waals surface area contributed by atoms with Crippen LogP contribution in [0.15, 0.2) is 40.4 Å². The Balaban J connectivity index is 1.58. The average Bonchev–Trinajstić information content (AvgIpc) is 3.32. The minimum absolute atomic E-state index is 0.129. The standard InChI is InChI=1S/C26H21BrN4O3S/c1-14-10-16(15(2)30(14)25-21(13-28)19-8-3-4-9-22(19)35-25)11-20-23(32)29-26(34)31(24(20)33)18-7-5-6-17(27)12-18/h5-7,10-12H,3-4,8-9H2,1-2H3,(H,29,32,34)/b20-11-. The Kier molecular flexibility index (Phi) is 5.95. The molecule has 1 aliphatic heterocycles. The van der Waals surface area contributed by atoms with E-state index in [1.165, 1.54) is 11.0 Å². The van der Waals surface area contributed by atoms with Gasteiger partial charge in [-0.1, -0.05) is 22.0 Å². The van der Waals surface area contributed by atoms with Gasteiger partial charge in [-0.3, -0.25) is 14.9 Å². The van der Waals surface area contributed by atoms with Gasteiger partial charge in [-0.2, -0.15) is 5.26 Å². The minimum Gasteiger partial charge on any atom is -0.308 e. The SMILES string of the molecule is Cc1cc(/C=C2/C(=O)NC(=O)N(c3cccc(Br)c3)C2=O)c(C)n1-c1sc2c(c1C#N)CCCC2. The molecule has 1 fully saturated rings. The quantitative estimate of drug-likeness (QED) is 0.353. The molecule has 0 atom stereocenters. The summed E-state index contributed by atoms with van der Waals surface area (Å²) in [6.45, 7) is 3.84. The van der Waals surface area contributed by atoms with Crippen LogP contribution in [-0.4, -0.2) is 22.4 Å². The third-order valence-corrected chi connectivity index (χ3v) is 8.18. The van der Waals surface area contributed by atoms with Gasteiger partial charge in [0.15, 0.2) is 0 Å². The Hall–Kier alpha value is -3.48. The molecule has 0 bridgehead atoms. The number of imide groups is 2. The van der Waals surface area contributed by atoms with Gasteiger partial charge in [-0.15, -0.1) is 11.3 Å². The smallest absolute Gasteiger partial charge is 0.308 e. The fourth-order valence-electron chi connectivity index (χ4n) is 4.73. The van der Waals surface area contributed by atoms with Crippen LogP contribution in [-0.2, 0) is 22.4 Å². The van der Waals surface area contributed by atoms with Crippen LogP contribution < -0.4 is 10.2 Å². The number of hydrogen-bond donors (Lipinski definition) is 1. The Bertz CT molecular complexity index is 1490. The van der Waals surface area contributed by atoms with Gasteiger partial charge in [0.2, 0.25) is 0 Å². The molecule has 1 saturated heterocycles. The first-order valence-corrected chi connectivity index (χ1v) is 12.8. The summed E-state index contributed by atoms with van der Waals surface area (Å²) < 4.78 is 2.73. The summed E-state index contributed by atoms with van der Waals surface area (Å²) >= 11 is 4.99. The predicted molar refractivity (Wildman–Crippen MR) is 138 cm³/mol. The van der Waals surface area contributed by atoms with Crippen molar-refractivity contribution in [3.05, 3.63) is 73.3 Å². The van der Waals surface area contributed by atoms with Crippen LogP contribution in [0.2, 0.25) is 0 Å². The number of carbonyl (C=O) groups excluding carboxylic acids is 3. The highest BCUT2D eigenvalue weighted by atomic mass is 79.9. The fourth-order valence-corrected chi connectivity index (χ4v) is 6.57. The highest BCUT2D eigenvalue weighted by Crippen LogP contribution is 2.38. The van der Waals surface area contributed by atoms with Gasteiger partial charge in [-0.05, 0) is 81.0 Å². The number of rotatable bonds is 3. The predicted octanol–water partition coefficient (Wildman–Crippen LogP) is 5.34. The number of aromatic nitrogens is 1. The van der Waals surface area contributed by atoms with E-state index in [1.54, 1.807) is 35.6 Å². The van der Waals surface area contributed by atoms with Crippen LogP contribution in [0.4, 0.5) is 10.5 Å². The number of benzene rings is 1. The van der Waals surface area contributed by atoms with Gasteiger partial charge < -0.3 is 4.57 Å². The molecule has 1 N–H and O–H groups in total. The lowest BCUT2D eigenvalue weighted by Crippen LogP contribution is -2.54. The van der Waals surface area contributed by atoms with Crippen LogP contribution in [0.1, 0.15) is 45.8 Å². The second-order valence-electron chi connectivity index (χ2n) is 8.60. The van der Waals surface area contributed by atoms with Crippen molar-refractivity contribution in [1.82, 2.24) is 9.88 Å². The number of anilines is 1. The number of nitriles is 1. The van der Waals surface area contributed by atoms with E-state index in [9.17, 15) is 19.6 Å². The van der Waals surface area contributed by atoms with Gasteiger partial charge >= 0.3 is 6.03 Å². The zero-order valence-corrected chi connectivity index (χ0v) is 21.5. The second kappa shape index (κ2) is 8.95. The Morgan fingerprint density at radius 1 is 1.14 bits per heavy atom. The highest BCUT2D eigenvalue weighted by molar-refractivity contribution is 9.10. The number of thiophene rings is 1. The second-order valence-corrected chi connectivity index (χ2v) is 10.6. The molecule has 0 unspecified atom stereocenters. The largest absolute Gasteiger partial charge is 0.335 e. The summed E-state index contributed by atoms with van der Waals surface area (Å²) in [4.78, 5) is 40.7. The first-order chi connectivity index (χ1) is 16.8. The Labute approximate surface area is 214 Å². The van der Waals surface area contributed by atoms with E-state index in [0.717, 1.165) is 52.5 Å². The maximum Gasteiger partial charge on any atom is 0.335 e. The molecule has 176 valence electrons. The maximum absolute atomic E-state index is 13.3. The molecule has 1 aliphatic carbocycles. The van der Waals surface area contributed by atoms with Crippen molar-refractivity contribution in [3.63, 3.8) is 0 Å². The van der Waals surface area contributed by atoms with E-state index in [-0.39, 0.29) is 5.57 Å². The molecule has 4 amide bonds. The minimum atomic E-state index is -0.788. The van der Waals surface area contributed by atoms with Crippen molar-refractivity contribution < 1.29 is 14.4 Å². The Morgan fingerprint density at radius 2 is 1.91 bits per heavy atom. The highest BCUT2D eigenvalue weighted by Gasteiger charge is 2.37. The third-order valence-electron chi connectivity index (χ3n) is 6.41. The molecule has 2 aliphatic rings. The number of urea groups is 1. The molecule has 5 rings (SSSR count). The number of hydrogen-bond acceptors (Lipinski definition) is 5. The molecule has 9 heteroatoms. The zero-order valence-electron chi connectivity index (χ0n) is 19.1. The molecule has 3 aromatic rings. The number of barbiturate groups is 1. The van der Waals surface area contributed by atoms with Gasteiger partial charge in [-0.25, -0.2) is 9.69 Å². The summed E-state index contributed by atoms with van der Waals surface area (Å²) in [7, 11) is 0. The first kappa shape index (κ1) is 23.3. The summed E-state index contributed by atoms with van der Waals surface area (Å²) in [5.41, 5.74) is 4.48. The van der Waals surface area contributed by atoms with Crippen LogP contribution in [0.3, 0.4) is 0 Å². The summed E-state index contributed by atoms with van der Waals surface area (Å²) in [6.07, 6.45) is 5.64. The van der Waals surface area contributed by atoms with E-state index >= 15 is 0 Å². The molecule has 0 saturated carbocycles. The van der Waals surface area contributed by atoms with Crippen LogP contribution >= 0.6 is 27.3 Å². The summed E-state index contributed by atoms with van der Waals surface area (Å²) in [5, 5.41) is 13.1. The van der Waals surface area contributed by atoms with Crippen molar-refractivity contribution in [2.75, 3.05) is 4.90 Å². The van der Waals surface area contributed by atoms with Crippen molar-refractivity contribution >= 4 is 56.9 Å². The zero-order chi connectivity index (χ0) is 24.9. The number of nitrogens with zero attached hydrogens (tertiary/aromatic N) is 3. The van der Waals surface area contributed by atoms with Gasteiger partial charge in [0, 0.05) is 20.7 Å². The maximum atomic E-state index is 13.3. The number of aryl methyl sites for hydroxylation is 2. The number of carbonyl (C=O) groups is 3. The molecule has 1 aromatic carbocycles. The molecule has 3 heterocycles. The summed E-state index contributed by atoms with van der Waals surface area (Å²) in [5.74, 6) is -1.42. The molecule has 2 aromatic heterocycles. The lowest BCUT2D eigenvalue weighted by molar-refractivity contribution is -0.122. The van der Waals surface area contributed by atoms with Crippen molar-refractivity contribution in [2.45, 2.75) is 39.5 Å². The van der Waals surface area contributed by atoms with Crippen molar-refractivity contribution in [1.29, 1.82) is 5.26 Å². The number of amides is 4. The Morgan fingerprint density at radius 3 is 2.66 bits per heavy atom. The molecular weight excluding hydrogens is 528 g/mol. The molecular formula is C26H21BrN4O3S. The van der Waals surface area contributed by atoms with Crippen LogP contribution in [0.25, 0.3) is 11.1 Å². The van der Waals surface area contributed by atoms with Gasteiger partial charge in [0.1, 0.15) is 16.6 Å². The topological polar surface area (TPSA) is 95.2 Å². The molecule has 7 nitrogen and oxygen atoms in total. The van der Waals surface area contributed by atoms with E-state index in [4.69, 9.17) is 0 Å². The molecule has 35 heavy (non-hydrogen) atoms. The van der Waals surface area contributed by atoms with Crippen LogP contribution in [0.5, 0.6) is 0 Å². The number of nitrogens with one attached hydrogen (secondary N) is 1. The fraction of sp³-hybridized carbons (Fsp3) is 0.231. The van der Waals surface area contributed by atoms with E-state index in [0.29, 0.717) is 21.3 Å². The van der Waals surface area contributed by atoms with Crippen molar-refractivity contribution in [3.8, 4) is 11.1 Å². The van der Waals surface area contributed by atoms with Gasteiger partial charge in [0.25, 0.3) is 11.8 Å². The molecule has 0 spiro atoms. The van der Waals surface area contributed by atoms with Crippen molar-refractivity contribution in [2.24, 2.45) is 0 Å². The van der Waals surface area contributed by atoms with Crippen LogP contribution in [0, 0.1) is 25.2 Å². The normalized spacial score (nSPS) is 16.9. The van der Waals surface area contributed by atoms with E-state index in [1.807, 2.05) is 24.5 Å². The van der Waals surface area contributed by atoms with Gasteiger partial charge in [0.05, 0.1) is 11.3 Å². The number of fused-ring (bicyclic) bond motifs is 1. The molecule has 0 radical (unpaired) electrons. The van der Waals surface area contributed by atoms with E-state index in [2.05, 4.69) is 27.3 Å². The lowest BCUT2D eigenvalue weighted by Gasteiger charge is -2.26. The monoisotopic (exact) mass is 548 g/mol. The number of halogens is 1. The first-order valence-electron chi connectivity index (χ1n) is 11.2.